The van der Waals surface area contributed by atoms with Crippen LogP contribution in [-0.2, 0) is 14.3 Å². The highest BCUT2D eigenvalue weighted by Crippen LogP contribution is 2.22. The van der Waals surface area contributed by atoms with Gasteiger partial charge in [0.05, 0.1) is 25.4 Å². The number of hydrogen-bond acceptors (Lipinski definition) is 8. The molecule has 0 aromatic heterocycles. The first-order chi connectivity index (χ1) is 29.8. The zero-order valence-corrected chi connectivity index (χ0v) is 38.6. The van der Waals surface area contributed by atoms with Crippen LogP contribution in [-0.4, -0.2) is 87.5 Å². The lowest BCUT2D eigenvalue weighted by atomic mass is 9.99. The average molecular weight is 858 g/mol. The normalized spacial score (nSPS) is 21.1. The van der Waals surface area contributed by atoms with Gasteiger partial charge < -0.3 is 40.3 Å². The van der Waals surface area contributed by atoms with Crippen molar-refractivity contribution in [2.75, 3.05) is 13.2 Å². The molecule has 1 rings (SSSR count). The largest absolute Gasteiger partial charge is 0.394 e. The SMILES string of the molecule is CC/C=C\C/C=C\C/C=C\C/C=C\C/C=C\CC(=O)NC(COC1OC(CO)C(O)C(O)C1O)C(O)/C=C/CCCCCCCCCCCCCCCCCCCCCCC. The number of carbonyl (C=O) groups is 1. The molecule has 9 nitrogen and oxygen atoms in total. The summed E-state index contributed by atoms with van der Waals surface area (Å²) < 4.78 is 11.2. The minimum Gasteiger partial charge on any atom is -0.394 e. The van der Waals surface area contributed by atoms with E-state index in [-0.39, 0.29) is 18.9 Å². The second-order valence-corrected chi connectivity index (χ2v) is 16.9. The van der Waals surface area contributed by atoms with Gasteiger partial charge in [0.2, 0.25) is 5.91 Å². The summed E-state index contributed by atoms with van der Waals surface area (Å²) in [7, 11) is 0. The summed E-state index contributed by atoms with van der Waals surface area (Å²) in [6.07, 6.45) is 49.8. The Bertz CT molecular complexity index is 1180. The maximum Gasteiger partial charge on any atom is 0.224 e. The van der Waals surface area contributed by atoms with Crippen LogP contribution in [0.5, 0.6) is 0 Å². The maximum absolute atomic E-state index is 12.9. The topological polar surface area (TPSA) is 149 Å². The molecule has 1 amide bonds. The zero-order valence-electron chi connectivity index (χ0n) is 38.6. The molecule has 0 aromatic carbocycles. The van der Waals surface area contributed by atoms with E-state index in [9.17, 15) is 30.3 Å². The number of allylic oxidation sites excluding steroid dienone is 10. The Morgan fingerprint density at radius 1 is 0.574 bits per heavy atom. The molecule has 61 heavy (non-hydrogen) atoms. The molecule has 1 aliphatic heterocycles. The molecule has 0 bridgehead atoms. The molecule has 1 heterocycles. The molecule has 1 aliphatic rings. The van der Waals surface area contributed by atoms with E-state index in [1.807, 2.05) is 12.2 Å². The molecule has 352 valence electrons. The van der Waals surface area contributed by atoms with Crippen LogP contribution in [0.25, 0.3) is 0 Å². The number of carbonyl (C=O) groups excluding carboxylic acids is 1. The summed E-state index contributed by atoms with van der Waals surface area (Å²) in [5.41, 5.74) is 0. The molecule has 0 aromatic rings. The lowest BCUT2D eigenvalue weighted by molar-refractivity contribution is -0.302. The van der Waals surface area contributed by atoms with Gasteiger partial charge in [-0.2, -0.15) is 0 Å². The number of amides is 1. The molecule has 1 saturated heterocycles. The molecule has 7 atom stereocenters. The first kappa shape index (κ1) is 56.6. The van der Waals surface area contributed by atoms with Crippen LogP contribution in [0.1, 0.15) is 194 Å². The number of aliphatic hydroxyl groups is 5. The van der Waals surface area contributed by atoms with E-state index in [4.69, 9.17) is 9.47 Å². The number of rotatable bonds is 40. The highest BCUT2D eigenvalue weighted by atomic mass is 16.7. The van der Waals surface area contributed by atoms with E-state index in [1.54, 1.807) is 12.2 Å². The fourth-order valence-corrected chi connectivity index (χ4v) is 7.40. The van der Waals surface area contributed by atoms with Crippen molar-refractivity contribution >= 4 is 5.91 Å². The molecule has 1 fully saturated rings. The van der Waals surface area contributed by atoms with E-state index < -0.39 is 49.5 Å². The minimum absolute atomic E-state index is 0.111. The molecule has 6 N–H and O–H groups in total. The summed E-state index contributed by atoms with van der Waals surface area (Å²) in [5, 5.41) is 54.2. The molecule has 9 heteroatoms. The van der Waals surface area contributed by atoms with Gasteiger partial charge in [-0.05, 0) is 44.9 Å². The lowest BCUT2D eigenvalue weighted by Gasteiger charge is -2.40. The Morgan fingerprint density at radius 2 is 1.00 bits per heavy atom. The number of aliphatic hydroxyl groups excluding tert-OH is 5. The monoisotopic (exact) mass is 858 g/mol. The standard InChI is InChI=1S/C52H91NO8/c1-3-5-7-9-11-13-15-17-19-20-21-22-23-24-25-26-28-29-31-33-35-37-39-41-46(55)45(44-60-52-51(59)50(58)49(57)47(43-54)61-52)53-48(56)42-40-38-36-34-32-30-27-18-16-14-12-10-8-6-4-2/h6,8,12,14,18,27,32,34,38-41,45-47,49-52,54-55,57-59H,3-5,7,9-11,13,15-17,19-26,28-31,33,35-37,42-44H2,1-2H3,(H,53,56)/b8-6-,14-12-,27-18-,34-32-,40-38-,41-39+. The van der Waals surface area contributed by atoms with E-state index in [2.05, 4.69) is 67.8 Å². The van der Waals surface area contributed by atoms with Gasteiger partial charge in [0.25, 0.3) is 0 Å². The van der Waals surface area contributed by atoms with E-state index >= 15 is 0 Å². The van der Waals surface area contributed by atoms with Crippen molar-refractivity contribution < 1.29 is 39.8 Å². The fourth-order valence-electron chi connectivity index (χ4n) is 7.40. The van der Waals surface area contributed by atoms with Gasteiger partial charge in [0.1, 0.15) is 24.4 Å². The summed E-state index contributed by atoms with van der Waals surface area (Å²) >= 11 is 0. The van der Waals surface area contributed by atoms with Gasteiger partial charge in [-0.3, -0.25) is 4.79 Å². The minimum atomic E-state index is -1.59. The Hall–Kier alpha value is -2.37. The molecule has 0 spiro atoms. The molecule has 0 radical (unpaired) electrons. The number of ether oxygens (including phenoxy) is 2. The Kier molecular flexibility index (Phi) is 38.7. The third-order valence-electron chi connectivity index (χ3n) is 11.3. The third-order valence-corrected chi connectivity index (χ3v) is 11.3. The van der Waals surface area contributed by atoms with Crippen molar-refractivity contribution in [3.05, 3.63) is 72.9 Å². The zero-order chi connectivity index (χ0) is 44.4. The number of nitrogens with one attached hydrogen (secondary N) is 1. The van der Waals surface area contributed by atoms with Crippen LogP contribution in [0.4, 0.5) is 0 Å². The summed E-state index contributed by atoms with van der Waals surface area (Å²) in [6, 6.07) is -0.862. The van der Waals surface area contributed by atoms with Crippen molar-refractivity contribution in [1.82, 2.24) is 5.32 Å². The van der Waals surface area contributed by atoms with Gasteiger partial charge in [0, 0.05) is 6.42 Å². The van der Waals surface area contributed by atoms with Crippen LogP contribution in [0, 0.1) is 0 Å². The Morgan fingerprint density at radius 3 is 1.44 bits per heavy atom. The fraction of sp³-hybridized carbons (Fsp3) is 0.750. The first-order valence-corrected chi connectivity index (χ1v) is 24.7. The lowest BCUT2D eigenvalue weighted by Crippen LogP contribution is -2.60. The summed E-state index contributed by atoms with van der Waals surface area (Å²) in [5.74, 6) is -0.305. The highest BCUT2D eigenvalue weighted by molar-refractivity contribution is 5.77. The van der Waals surface area contributed by atoms with E-state index in [0.29, 0.717) is 6.42 Å². The van der Waals surface area contributed by atoms with E-state index in [1.165, 1.54) is 122 Å². The van der Waals surface area contributed by atoms with Crippen LogP contribution in [0.2, 0.25) is 0 Å². The highest BCUT2D eigenvalue weighted by Gasteiger charge is 2.44. The summed E-state index contributed by atoms with van der Waals surface area (Å²) in [4.78, 5) is 12.9. The number of unbranched alkanes of at least 4 members (excludes halogenated alkanes) is 21. The number of hydrogen-bond donors (Lipinski definition) is 6. The first-order valence-electron chi connectivity index (χ1n) is 24.7. The van der Waals surface area contributed by atoms with Gasteiger partial charge in [0.15, 0.2) is 6.29 Å². The van der Waals surface area contributed by atoms with Gasteiger partial charge in [-0.15, -0.1) is 0 Å². The predicted molar refractivity (Wildman–Crippen MR) is 253 cm³/mol. The molecular weight excluding hydrogens is 767 g/mol. The van der Waals surface area contributed by atoms with Crippen LogP contribution < -0.4 is 5.32 Å². The van der Waals surface area contributed by atoms with Crippen molar-refractivity contribution in [3.8, 4) is 0 Å². The summed E-state index contributed by atoms with van der Waals surface area (Å²) in [6.45, 7) is 3.60. The van der Waals surface area contributed by atoms with E-state index in [0.717, 1.165) is 44.9 Å². The Balaban J connectivity index is 2.35. The quantitative estimate of drug-likeness (QED) is 0.0264. The average Bonchev–Trinajstić information content (AvgIpc) is 3.26. The van der Waals surface area contributed by atoms with Crippen molar-refractivity contribution in [2.24, 2.45) is 0 Å². The van der Waals surface area contributed by atoms with Gasteiger partial charge in [-0.1, -0.05) is 215 Å². The smallest absolute Gasteiger partial charge is 0.224 e. The van der Waals surface area contributed by atoms with Crippen molar-refractivity contribution in [2.45, 2.75) is 236 Å². The molecule has 7 unspecified atom stereocenters. The van der Waals surface area contributed by atoms with Crippen LogP contribution >= 0.6 is 0 Å². The third kappa shape index (κ3) is 32.0. The van der Waals surface area contributed by atoms with Crippen LogP contribution in [0.3, 0.4) is 0 Å². The van der Waals surface area contributed by atoms with Gasteiger partial charge >= 0.3 is 0 Å². The molecule has 0 aliphatic carbocycles. The predicted octanol–water partition coefficient (Wildman–Crippen LogP) is 10.9. The second-order valence-electron chi connectivity index (χ2n) is 16.9. The Labute approximate surface area is 372 Å². The maximum atomic E-state index is 12.9. The second kappa shape index (κ2) is 41.6. The molecular formula is C52H91NO8. The van der Waals surface area contributed by atoms with Crippen molar-refractivity contribution in [1.29, 1.82) is 0 Å². The van der Waals surface area contributed by atoms with Crippen LogP contribution in [0.15, 0.2) is 72.9 Å². The van der Waals surface area contributed by atoms with Gasteiger partial charge in [-0.25, -0.2) is 0 Å². The molecule has 0 saturated carbocycles. The van der Waals surface area contributed by atoms with Crippen molar-refractivity contribution in [3.63, 3.8) is 0 Å².